The number of H-pyrrole nitrogens is 1. The fourth-order valence-electron chi connectivity index (χ4n) is 4.66. The number of hydrogen-bond donors (Lipinski definition) is 3. The first-order valence-corrected chi connectivity index (χ1v) is 15.6. The molecule has 0 aliphatic carbocycles. The summed E-state index contributed by atoms with van der Waals surface area (Å²) in [6.45, 7) is 4.21. The van der Waals surface area contributed by atoms with Crippen LogP contribution in [0.5, 0.6) is 0 Å². The minimum Gasteiger partial charge on any atom is -0.384 e. The molecule has 4 aromatic rings. The zero-order chi connectivity index (χ0) is 30.9. The topological polar surface area (TPSA) is 166 Å². The SMILES string of the molecule is CC(C)Cn1c(N)c(C(=NCc2c[nH]c3ccc(Cl)cc23)c2cc(C(=O)NCCS(C)(=O)=O)cn2C)c(=O)n(C)c1=O. The quantitative estimate of drug-likeness (QED) is 0.231. The molecule has 4 rings (SSSR count). The molecule has 12 nitrogen and oxygen atoms in total. The molecule has 0 atom stereocenters. The summed E-state index contributed by atoms with van der Waals surface area (Å²) in [5.41, 5.74) is 7.88. The van der Waals surface area contributed by atoms with Crippen molar-refractivity contribution in [2.45, 2.75) is 26.9 Å². The van der Waals surface area contributed by atoms with E-state index in [1.807, 2.05) is 26.0 Å². The van der Waals surface area contributed by atoms with Gasteiger partial charge in [-0.25, -0.2) is 13.2 Å². The molecular formula is C28H34ClN7O5S. The van der Waals surface area contributed by atoms with Crippen molar-refractivity contribution in [3.05, 3.63) is 84.9 Å². The minimum absolute atomic E-state index is 0.0286. The Balaban J connectivity index is 1.88. The first-order valence-electron chi connectivity index (χ1n) is 13.2. The molecule has 0 unspecified atom stereocenters. The number of sulfone groups is 1. The second kappa shape index (κ2) is 12.0. The number of rotatable bonds is 10. The zero-order valence-electron chi connectivity index (χ0n) is 24.1. The van der Waals surface area contributed by atoms with Gasteiger partial charge in [-0.2, -0.15) is 0 Å². The molecule has 3 heterocycles. The average Bonchev–Trinajstić information content (AvgIpc) is 3.49. The molecule has 0 spiro atoms. The van der Waals surface area contributed by atoms with Crippen LogP contribution in [0.15, 0.2) is 51.2 Å². The second-order valence-electron chi connectivity index (χ2n) is 10.7. The van der Waals surface area contributed by atoms with Crippen LogP contribution in [0.4, 0.5) is 5.82 Å². The van der Waals surface area contributed by atoms with Crippen molar-refractivity contribution in [3.63, 3.8) is 0 Å². The molecule has 0 fully saturated rings. The van der Waals surface area contributed by atoms with E-state index < -0.39 is 27.0 Å². The summed E-state index contributed by atoms with van der Waals surface area (Å²) < 4.78 is 26.9. The molecule has 42 heavy (non-hydrogen) atoms. The number of aliphatic imine (C=N–C) groups is 1. The fraction of sp³-hybridized carbons (Fsp3) is 0.357. The lowest BCUT2D eigenvalue weighted by Crippen LogP contribution is -2.43. The molecule has 224 valence electrons. The predicted molar refractivity (Wildman–Crippen MR) is 165 cm³/mol. The van der Waals surface area contributed by atoms with Gasteiger partial charge in [-0.05, 0) is 35.7 Å². The number of nitrogens with zero attached hydrogens (tertiary/aromatic N) is 4. The van der Waals surface area contributed by atoms with E-state index in [4.69, 9.17) is 22.3 Å². The highest BCUT2D eigenvalue weighted by Crippen LogP contribution is 2.24. The van der Waals surface area contributed by atoms with Crippen LogP contribution in [0, 0.1) is 5.92 Å². The van der Waals surface area contributed by atoms with Gasteiger partial charge in [0.2, 0.25) is 0 Å². The van der Waals surface area contributed by atoms with Gasteiger partial charge in [-0.15, -0.1) is 0 Å². The maximum atomic E-state index is 13.6. The smallest absolute Gasteiger partial charge is 0.332 e. The van der Waals surface area contributed by atoms with E-state index in [9.17, 15) is 22.8 Å². The van der Waals surface area contributed by atoms with Crippen LogP contribution in [0.2, 0.25) is 5.02 Å². The Morgan fingerprint density at radius 1 is 1.19 bits per heavy atom. The van der Waals surface area contributed by atoms with E-state index in [2.05, 4.69) is 10.3 Å². The van der Waals surface area contributed by atoms with Crippen molar-refractivity contribution in [3.8, 4) is 0 Å². The van der Waals surface area contributed by atoms with Crippen molar-refractivity contribution in [1.82, 2.24) is 24.0 Å². The summed E-state index contributed by atoms with van der Waals surface area (Å²) in [4.78, 5) is 47.5. The molecule has 0 bridgehead atoms. The lowest BCUT2D eigenvalue weighted by atomic mass is 10.1. The average molecular weight is 616 g/mol. The van der Waals surface area contributed by atoms with Gasteiger partial charge in [0.05, 0.1) is 29.3 Å². The molecule has 14 heteroatoms. The monoisotopic (exact) mass is 615 g/mol. The highest BCUT2D eigenvalue weighted by molar-refractivity contribution is 7.90. The van der Waals surface area contributed by atoms with Gasteiger partial charge in [0.15, 0.2) is 0 Å². The summed E-state index contributed by atoms with van der Waals surface area (Å²) in [7, 11) is -0.187. The number of anilines is 1. The number of carbonyl (C=O) groups is 1. The number of carbonyl (C=O) groups excluding carboxylic acids is 1. The first-order chi connectivity index (χ1) is 19.7. The van der Waals surface area contributed by atoms with Crippen LogP contribution < -0.4 is 22.3 Å². The number of aromatic amines is 1. The number of nitrogens with one attached hydrogen (secondary N) is 2. The van der Waals surface area contributed by atoms with Gasteiger partial charge in [-0.1, -0.05) is 25.4 Å². The van der Waals surface area contributed by atoms with Gasteiger partial charge >= 0.3 is 5.69 Å². The van der Waals surface area contributed by atoms with E-state index in [-0.39, 0.29) is 54.0 Å². The van der Waals surface area contributed by atoms with Crippen molar-refractivity contribution >= 4 is 49.8 Å². The van der Waals surface area contributed by atoms with Crippen LogP contribution in [-0.4, -0.2) is 57.3 Å². The maximum absolute atomic E-state index is 13.6. The Morgan fingerprint density at radius 2 is 1.90 bits per heavy atom. The highest BCUT2D eigenvalue weighted by atomic mass is 35.5. The lowest BCUT2D eigenvalue weighted by Gasteiger charge is -2.18. The number of nitrogen functional groups attached to an aromatic ring is 1. The van der Waals surface area contributed by atoms with Crippen LogP contribution in [0.25, 0.3) is 10.9 Å². The van der Waals surface area contributed by atoms with Crippen LogP contribution in [0.3, 0.4) is 0 Å². The summed E-state index contributed by atoms with van der Waals surface area (Å²) in [5, 5.41) is 4.01. The Hall–Kier alpha value is -4.10. The van der Waals surface area contributed by atoms with E-state index in [1.165, 1.54) is 11.6 Å². The largest absolute Gasteiger partial charge is 0.384 e. The Bertz CT molecular complexity index is 1930. The van der Waals surface area contributed by atoms with Gasteiger partial charge in [0.25, 0.3) is 11.5 Å². The highest BCUT2D eigenvalue weighted by Gasteiger charge is 2.25. The number of amides is 1. The number of hydrogen-bond acceptors (Lipinski definition) is 7. The normalized spacial score (nSPS) is 12.4. The zero-order valence-corrected chi connectivity index (χ0v) is 25.6. The van der Waals surface area contributed by atoms with E-state index in [1.54, 1.807) is 36.1 Å². The first kappa shape index (κ1) is 30.8. The minimum atomic E-state index is -3.26. The van der Waals surface area contributed by atoms with Crippen LogP contribution in [0.1, 0.15) is 41.0 Å². The number of aryl methyl sites for hydroxylation is 1. The number of benzene rings is 1. The van der Waals surface area contributed by atoms with E-state index in [0.717, 1.165) is 27.3 Å². The Kier molecular flexibility index (Phi) is 8.83. The summed E-state index contributed by atoms with van der Waals surface area (Å²) in [6.07, 6.45) is 4.44. The number of halogens is 1. The van der Waals surface area contributed by atoms with Crippen LogP contribution >= 0.6 is 11.6 Å². The molecule has 3 aromatic heterocycles. The number of aromatic nitrogens is 4. The molecule has 0 saturated heterocycles. The summed E-state index contributed by atoms with van der Waals surface area (Å²) in [6, 6.07) is 6.99. The van der Waals surface area contributed by atoms with Crippen molar-refractivity contribution in [1.29, 1.82) is 0 Å². The third kappa shape index (κ3) is 6.52. The predicted octanol–water partition coefficient (Wildman–Crippen LogP) is 2.07. The van der Waals surface area contributed by atoms with Crippen LogP contribution in [-0.2, 0) is 37.0 Å². The maximum Gasteiger partial charge on any atom is 0.332 e. The Morgan fingerprint density at radius 3 is 2.57 bits per heavy atom. The third-order valence-electron chi connectivity index (χ3n) is 6.77. The van der Waals surface area contributed by atoms with Crippen molar-refractivity contribution < 1.29 is 13.2 Å². The van der Waals surface area contributed by atoms with Gasteiger partial charge in [0.1, 0.15) is 21.2 Å². The van der Waals surface area contributed by atoms with E-state index in [0.29, 0.717) is 10.7 Å². The molecule has 1 aromatic carbocycles. The fourth-order valence-corrected chi connectivity index (χ4v) is 5.30. The van der Waals surface area contributed by atoms with Crippen molar-refractivity contribution in [2.24, 2.45) is 25.0 Å². The molecule has 0 aliphatic heterocycles. The summed E-state index contributed by atoms with van der Waals surface area (Å²) >= 11 is 6.23. The number of fused-ring (bicyclic) bond motifs is 1. The third-order valence-corrected chi connectivity index (χ3v) is 7.95. The summed E-state index contributed by atoms with van der Waals surface area (Å²) in [5.74, 6) is -0.664. The van der Waals surface area contributed by atoms with Gasteiger partial charge in [-0.3, -0.25) is 23.7 Å². The second-order valence-corrected chi connectivity index (χ2v) is 13.4. The molecule has 0 saturated carbocycles. The molecular weight excluding hydrogens is 582 g/mol. The van der Waals surface area contributed by atoms with E-state index >= 15 is 0 Å². The standard InChI is InChI=1S/C28H34ClN7O5S/c1-16(2)14-36-25(30)23(27(38)35(4)28(36)39)24(33-13-18-12-32-21-7-6-19(29)11-20(18)21)22-10-17(15-34(22)3)26(37)31-8-9-42(5,40)41/h6-7,10-12,15-16,32H,8-9,13-14,30H2,1-5H3,(H,31,37). The molecule has 4 N–H and O–H groups in total. The lowest BCUT2D eigenvalue weighted by molar-refractivity contribution is 0.0956. The van der Waals surface area contributed by atoms with Gasteiger partial charge < -0.3 is 20.6 Å². The molecule has 0 radical (unpaired) electrons. The molecule has 0 aliphatic rings. The van der Waals surface area contributed by atoms with Crippen molar-refractivity contribution in [2.75, 3.05) is 24.3 Å². The Labute approximate surface area is 247 Å². The number of nitrogens with two attached hydrogens (primary N) is 1. The molecule has 1 amide bonds. The van der Waals surface area contributed by atoms with Gasteiger partial charge in [0, 0.05) is 61.8 Å².